The number of Topliss-reactive ketones (excluding diaryl/α,β-unsaturated/α-hetero) is 1. The van der Waals surface area contributed by atoms with Crippen LogP contribution in [0.15, 0.2) is 47.6 Å². The van der Waals surface area contributed by atoms with Crippen molar-refractivity contribution in [3.05, 3.63) is 76.4 Å². The Morgan fingerprint density at radius 3 is 2.58 bits per heavy atom. The molecule has 1 saturated carbocycles. The van der Waals surface area contributed by atoms with Crippen molar-refractivity contribution in [3.63, 3.8) is 0 Å². The molecule has 198 valence electrons. The van der Waals surface area contributed by atoms with E-state index >= 15 is 0 Å². The number of ether oxygens (including phenoxy) is 1. The number of aromatic amines is 1. The average molecular weight is 531 g/mol. The van der Waals surface area contributed by atoms with Crippen LogP contribution in [0.4, 0.5) is 0 Å². The molecule has 7 nitrogen and oxygen atoms in total. The van der Waals surface area contributed by atoms with E-state index in [1.165, 1.54) is 54.5 Å². The third-order valence-corrected chi connectivity index (χ3v) is 8.69. The number of nitrogens with zero attached hydrogens (tertiary/aromatic N) is 3. The van der Waals surface area contributed by atoms with Gasteiger partial charge in [-0.25, -0.2) is 4.79 Å². The summed E-state index contributed by atoms with van der Waals surface area (Å²) in [6.07, 6.45) is 6.49. The van der Waals surface area contributed by atoms with Crippen LogP contribution in [0.5, 0.6) is 0 Å². The number of carbonyl (C=O) groups is 2. The summed E-state index contributed by atoms with van der Waals surface area (Å²) in [4.78, 5) is 28.9. The number of methoxy groups -OCH3 is 1. The first kappa shape index (κ1) is 26.2. The van der Waals surface area contributed by atoms with E-state index in [0.717, 1.165) is 23.8 Å². The lowest BCUT2D eigenvalue weighted by atomic mass is 9.95. The number of H-pyrrole nitrogens is 1. The highest BCUT2D eigenvalue weighted by molar-refractivity contribution is 8.00. The van der Waals surface area contributed by atoms with E-state index in [4.69, 9.17) is 4.74 Å². The van der Waals surface area contributed by atoms with E-state index in [2.05, 4.69) is 62.2 Å². The number of hydrogen-bond donors (Lipinski definition) is 1. The van der Waals surface area contributed by atoms with Gasteiger partial charge in [0.25, 0.3) is 0 Å². The van der Waals surface area contributed by atoms with E-state index in [0.29, 0.717) is 35.0 Å². The topological polar surface area (TPSA) is 89.9 Å². The summed E-state index contributed by atoms with van der Waals surface area (Å²) < 4.78 is 7.21. The van der Waals surface area contributed by atoms with Gasteiger partial charge in [-0.3, -0.25) is 4.79 Å². The van der Waals surface area contributed by atoms with Crippen molar-refractivity contribution in [3.8, 4) is 0 Å². The molecule has 5 rings (SSSR count). The molecule has 38 heavy (non-hydrogen) atoms. The molecular weight excluding hydrogens is 496 g/mol. The van der Waals surface area contributed by atoms with E-state index in [1.807, 2.05) is 6.92 Å². The first-order valence-corrected chi connectivity index (χ1v) is 14.2. The van der Waals surface area contributed by atoms with Gasteiger partial charge in [-0.2, -0.15) is 0 Å². The average Bonchev–Trinajstić information content (AvgIpc) is 3.47. The van der Waals surface area contributed by atoms with Crippen LogP contribution in [0.3, 0.4) is 0 Å². The van der Waals surface area contributed by atoms with Crippen LogP contribution in [-0.2, 0) is 11.2 Å². The lowest BCUT2D eigenvalue weighted by Gasteiger charge is -2.26. The molecule has 4 aromatic rings. The lowest BCUT2D eigenvalue weighted by molar-refractivity contribution is 0.0599. The molecule has 1 aliphatic rings. The summed E-state index contributed by atoms with van der Waals surface area (Å²) in [6, 6.07) is 15.1. The molecule has 0 spiro atoms. The van der Waals surface area contributed by atoms with E-state index in [1.54, 1.807) is 13.8 Å². The molecule has 0 radical (unpaired) electrons. The standard InChI is InChI=1S/C30H34N4O3S/c1-18-26(29(36)37-4)19(2)31-27(18)28(35)20(3)38-30-33-32-25(34(30)23-14-6-5-7-15-23)17-22-13-10-12-21-11-8-9-16-24(21)22/h8-13,16,20,23,31H,5-7,14-15,17H2,1-4H3/t20-/m1/s1. The maximum atomic E-state index is 13.5. The van der Waals surface area contributed by atoms with Crippen LogP contribution in [0.1, 0.15) is 88.6 Å². The molecule has 0 unspecified atom stereocenters. The van der Waals surface area contributed by atoms with Gasteiger partial charge in [0, 0.05) is 18.2 Å². The Kier molecular flexibility index (Phi) is 7.70. The predicted octanol–water partition coefficient (Wildman–Crippen LogP) is 6.62. The number of esters is 1. The van der Waals surface area contributed by atoms with E-state index < -0.39 is 11.2 Å². The fourth-order valence-electron chi connectivity index (χ4n) is 5.65. The second-order valence-electron chi connectivity index (χ2n) is 10.1. The maximum Gasteiger partial charge on any atom is 0.339 e. The number of benzene rings is 2. The Morgan fingerprint density at radius 1 is 1.08 bits per heavy atom. The molecule has 0 aliphatic heterocycles. The zero-order chi connectivity index (χ0) is 26.8. The molecule has 8 heteroatoms. The minimum absolute atomic E-state index is 0.0699. The van der Waals surface area contributed by atoms with Crippen molar-refractivity contribution in [1.82, 2.24) is 19.7 Å². The smallest absolute Gasteiger partial charge is 0.339 e. The molecule has 0 saturated heterocycles. The first-order chi connectivity index (χ1) is 18.4. The third kappa shape index (κ3) is 5.01. The lowest BCUT2D eigenvalue weighted by Crippen LogP contribution is -2.20. The minimum Gasteiger partial charge on any atom is -0.465 e. The maximum absolute atomic E-state index is 13.5. The number of fused-ring (bicyclic) bond motifs is 1. The summed E-state index contributed by atoms with van der Waals surface area (Å²) in [7, 11) is 1.35. The van der Waals surface area contributed by atoms with Gasteiger partial charge in [-0.1, -0.05) is 73.5 Å². The highest BCUT2D eigenvalue weighted by Crippen LogP contribution is 2.36. The number of thioether (sulfide) groups is 1. The number of aromatic nitrogens is 4. The molecule has 2 heterocycles. The molecule has 1 fully saturated rings. The summed E-state index contributed by atoms with van der Waals surface area (Å²) in [6.45, 7) is 5.46. The van der Waals surface area contributed by atoms with Crippen molar-refractivity contribution in [1.29, 1.82) is 0 Å². The van der Waals surface area contributed by atoms with Crippen LogP contribution in [-0.4, -0.2) is 43.9 Å². The molecule has 1 atom stereocenters. The van der Waals surface area contributed by atoms with Crippen LogP contribution in [0.2, 0.25) is 0 Å². The Balaban J connectivity index is 1.45. The van der Waals surface area contributed by atoms with Gasteiger partial charge >= 0.3 is 5.97 Å². The molecule has 2 aromatic heterocycles. The van der Waals surface area contributed by atoms with Crippen molar-refractivity contribution < 1.29 is 14.3 Å². The number of rotatable bonds is 8. The van der Waals surface area contributed by atoms with Crippen molar-refractivity contribution in [2.45, 2.75) is 75.7 Å². The molecular formula is C30H34N4O3S. The van der Waals surface area contributed by atoms with Crippen LogP contribution >= 0.6 is 11.8 Å². The minimum atomic E-state index is -0.439. The fourth-order valence-corrected chi connectivity index (χ4v) is 6.65. The first-order valence-electron chi connectivity index (χ1n) is 13.3. The number of carbonyl (C=O) groups excluding carboxylic acids is 2. The van der Waals surface area contributed by atoms with Crippen molar-refractivity contribution in [2.24, 2.45) is 0 Å². The Morgan fingerprint density at radius 2 is 1.82 bits per heavy atom. The summed E-state index contributed by atoms with van der Waals surface area (Å²) in [5, 5.41) is 12.1. The van der Waals surface area contributed by atoms with Gasteiger partial charge in [0.05, 0.1) is 23.6 Å². The van der Waals surface area contributed by atoms with Crippen molar-refractivity contribution in [2.75, 3.05) is 7.11 Å². The quantitative estimate of drug-likeness (QED) is 0.156. The SMILES string of the molecule is COC(=O)c1c(C)[nH]c(C(=O)[C@@H](C)Sc2nnc(Cc3cccc4ccccc34)n2C2CCCCC2)c1C. The van der Waals surface area contributed by atoms with Gasteiger partial charge < -0.3 is 14.3 Å². The largest absolute Gasteiger partial charge is 0.465 e. The third-order valence-electron chi connectivity index (χ3n) is 7.63. The molecule has 2 aromatic carbocycles. The van der Waals surface area contributed by atoms with Gasteiger partial charge in [0.2, 0.25) is 0 Å². The van der Waals surface area contributed by atoms with Gasteiger partial charge in [0.15, 0.2) is 10.9 Å². The Labute approximate surface area is 227 Å². The highest BCUT2D eigenvalue weighted by atomic mass is 32.2. The van der Waals surface area contributed by atoms with Gasteiger partial charge in [-0.15, -0.1) is 10.2 Å². The van der Waals surface area contributed by atoms with Crippen LogP contribution in [0.25, 0.3) is 10.8 Å². The number of hydrogen-bond acceptors (Lipinski definition) is 6. The summed E-state index contributed by atoms with van der Waals surface area (Å²) >= 11 is 1.44. The van der Waals surface area contributed by atoms with Crippen LogP contribution < -0.4 is 0 Å². The number of ketones is 1. The second-order valence-corrected chi connectivity index (χ2v) is 11.4. The molecule has 0 bridgehead atoms. The van der Waals surface area contributed by atoms with Gasteiger partial charge in [0.1, 0.15) is 5.82 Å². The van der Waals surface area contributed by atoms with E-state index in [-0.39, 0.29) is 5.78 Å². The monoisotopic (exact) mass is 530 g/mol. The normalized spacial score (nSPS) is 15.1. The van der Waals surface area contributed by atoms with Crippen molar-refractivity contribution >= 4 is 34.3 Å². The molecule has 1 N–H and O–H groups in total. The zero-order valence-electron chi connectivity index (χ0n) is 22.4. The van der Waals surface area contributed by atoms with Gasteiger partial charge in [-0.05, 0) is 55.5 Å². The Hall–Kier alpha value is -3.39. The Bertz CT molecular complexity index is 1480. The summed E-state index contributed by atoms with van der Waals surface area (Å²) in [5.41, 5.74) is 3.36. The zero-order valence-corrected chi connectivity index (χ0v) is 23.2. The molecule has 0 amide bonds. The second kappa shape index (κ2) is 11.2. The number of nitrogens with one attached hydrogen (secondary N) is 1. The predicted molar refractivity (Wildman–Crippen MR) is 150 cm³/mol. The van der Waals surface area contributed by atoms with E-state index in [9.17, 15) is 9.59 Å². The number of aryl methyl sites for hydroxylation is 1. The summed E-state index contributed by atoms with van der Waals surface area (Å²) in [5.74, 6) is 0.431. The highest BCUT2D eigenvalue weighted by Gasteiger charge is 2.29. The fraction of sp³-hybridized carbons (Fsp3) is 0.400. The van der Waals surface area contributed by atoms with Crippen LogP contribution in [0, 0.1) is 13.8 Å². The molecule has 1 aliphatic carbocycles.